The van der Waals surface area contributed by atoms with Gasteiger partial charge in [0.25, 0.3) is 5.88 Å². The molecular formula is C23H24F2N4O4. The van der Waals surface area contributed by atoms with Gasteiger partial charge in [-0.25, -0.2) is 4.98 Å². The number of ether oxygens (including phenoxy) is 1. The summed E-state index contributed by atoms with van der Waals surface area (Å²) in [5.74, 6) is -0.856. The highest BCUT2D eigenvalue weighted by Crippen LogP contribution is 2.42. The van der Waals surface area contributed by atoms with Crippen LogP contribution in [0.4, 0.5) is 20.5 Å². The van der Waals surface area contributed by atoms with Crippen LogP contribution in [0.1, 0.15) is 36.6 Å². The Bertz CT molecular complexity index is 1160. The Kier molecular flexibility index (Phi) is 5.92. The molecule has 3 heterocycles. The first-order valence-corrected chi connectivity index (χ1v) is 10.4. The Morgan fingerprint density at radius 2 is 1.94 bits per heavy atom. The standard InChI is InChI=1S/C23H24F2N4O4/c1-13(2)15-6-4-5-7-16(15)23(11-29(12-23)22-28-18(30)10-32-22)20(31)27-17-9-8-14(3)26-19(17)33-21(24)25/h4-10,13,21,30H,11-12H2,1-3H3,(H,27,31). The molecule has 0 saturated carbocycles. The van der Waals surface area contributed by atoms with E-state index in [0.29, 0.717) is 5.69 Å². The van der Waals surface area contributed by atoms with E-state index in [2.05, 4.69) is 20.0 Å². The number of hydrogen-bond donors (Lipinski definition) is 2. The lowest BCUT2D eigenvalue weighted by Gasteiger charge is -2.49. The number of amides is 1. The van der Waals surface area contributed by atoms with Gasteiger partial charge >= 0.3 is 12.6 Å². The number of aromatic hydroxyl groups is 1. The molecule has 0 spiro atoms. The van der Waals surface area contributed by atoms with Crippen molar-refractivity contribution in [2.75, 3.05) is 23.3 Å². The lowest BCUT2D eigenvalue weighted by molar-refractivity contribution is -0.122. The summed E-state index contributed by atoms with van der Waals surface area (Å²) in [5, 5.41) is 12.3. The van der Waals surface area contributed by atoms with Crippen molar-refractivity contribution in [1.29, 1.82) is 0 Å². The van der Waals surface area contributed by atoms with Gasteiger partial charge < -0.3 is 24.5 Å². The number of hydrogen-bond acceptors (Lipinski definition) is 7. The predicted molar refractivity (Wildman–Crippen MR) is 117 cm³/mol. The molecule has 0 unspecified atom stereocenters. The molecule has 3 aromatic rings. The van der Waals surface area contributed by atoms with Crippen LogP contribution in [-0.2, 0) is 10.2 Å². The fraction of sp³-hybridized carbons (Fsp3) is 0.348. The van der Waals surface area contributed by atoms with Gasteiger partial charge in [-0.3, -0.25) is 4.79 Å². The molecule has 2 aromatic heterocycles. The average molecular weight is 458 g/mol. The Morgan fingerprint density at radius 3 is 2.58 bits per heavy atom. The number of halogens is 2. The van der Waals surface area contributed by atoms with E-state index < -0.39 is 17.9 Å². The van der Waals surface area contributed by atoms with Crippen LogP contribution >= 0.6 is 0 Å². The van der Waals surface area contributed by atoms with Crippen molar-refractivity contribution in [1.82, 2.24) is 9.97 Å². The van der Waals surface area contributed by atoms with Crippen LogP contribution in [0.3, 0.4) is 0 Å². The molecule has 1 amide bonds. The number of alkyl halides is 2. The summed E-state index contributed by atoms with van der Waals surface area (Å²) in [6, 6.07) is 10.9. The number of carbonyl (C=O) groups excluding carboxylic acids is 1. The molecule has 174 valence electrons. The van der Waals surface area contributed by atoms with E-state index in [0.717, 1.165) is 17.4 Å². The van der Waals surface area contributed by atoms with Gasteiger partial charge in [0.15, 0.2) is 6.26 Å². The van der Waals surface area contributed by atoms with Gasteiger partial charge in [-0.2, -0.15) is 13.8 Å². The third-order valence-electron chi connectivity index (χ3n) is 5.65. The van der Waals surface area contributed by atoms with Crippen LogP contribution < -0.4 is 15.0 Å². The van der Waals surface area contributed by atoms with E-state index in [-0.39, 0.29) is 42.5 Å². The van der Waals surface area contributed by atoms with E-state index in [4.69, 9.17) is 4.42 Å². The lowest BCUT2D eigenvalue weighted by atomic mass is 9.70. The maximum Gasteiger partial charge on any atom is 0.388 e. The van der Waals surface area contributed by atoms with Crippen LogP contribution in [-0.4, -0.2) is 40.7 Å². The van der Waals surface area contributed by atoms with E-state index in [1.807, 2.05) is 38.1 Å². The highest BCUT2D eigenvalue weighted by atomic mass is 19.3. The van der Waals surface area contributed by atoms with Crippen LogP contribution in [0.2, 0.25) is 0 Å². The number of aromatic nitrogens is 2. The number of aryl methyl sites for hydroxylation is 1. The Labute approximate surface area is 189 Å². The van der Waals surface area contributed by atoms with E-state index in [9.17, 15) is 18.7 Å². The van der Waals surface area contributed by atoms with Crippen LogP contribution in [0.25, 0.3) is 0 Å². The second kappa shape index (κ2) is 8.68. The Hall–Kier alpha value is -3.69. The fourth-order valence-corrected chi connectivity index (χ4v) is 4.06. The summed E-state index contributed by atoms with van der Waals surface area (Å²) in [7, 11) is 0. The minimum Gasteiger partial charge on any atom is -0.491 e. The summed E-state index contributed by atoms with van der Waals surface area (Å²) in [6.45, 7) is 3.05. The maximum atomic E-state index is 13.7. The zero-order valence-corrected chi connectivity index (χ0v) is 18.4. The summed E-state index contributed by atoms with van der Waals surface area (Å²) in [5.41, 5.74) is 1.33. The summed E-state index contributed by atoms with van der Waals surface area (Å²) >= 11 is 0. The summed E-state index contributed by atoms with van der Waals surface area (Å²) in [4.78, 5) is 23.3. The largest absolute Gasteiger partial charge is 0.491 e. The normalized spacial score (nSPS) is 14.9. The van der Waals surface area contributed by atoms with Gasteiger partial charge in [-0.15, -0.1) is 0 Å². The summed E-state index contributed by atoms with van der Waals surface area (Å²) in [6.07, 6.45) is 1.11. The van der Waals surface area contributed by atoms with Crippen LogP contribution in [0.15, 0.2) is 47.1 Å². The number of rotatable bonds is 7. The molecule has 0 radical (unpaired) electrons. The molecular weight excluding hydrogens is 434 g/mol. The van der Waals surface area contributed by atoms with Gasteiger partial charge in [0.1, 0.15) is 11.1 Å². The molecule has 2 N–H and O–H groups in total. The smallest absolute Gasteiger partial charge is 0.388 e. The van der Waals surface area contributed by atoms with Gasteiger partial charge in [0.05, 0.1) is 0 Å². The molecule has 1 aliphatic heterocycles. The molecule has 0 aliphatic carbocycles. The maximum absolute atomic E-state index is 13.7. The highest BCUT2D eigenvalue weighted by molar-refractivity contribution is 6.02. The number of pyridine rings is 1. The molecule has 1 aromatic carbocycles. The highest BCUT2D eigenvalue weighted by Gasteiger charge is 2.53. The SMILES string of the molecule is Cc1ccc(NC(=O)C2(c3ccccc3C(C)C)CN(c3nc(O)co3)C2)c(OC(F)F)n1. The van der Waals surface area contributed by atoms with Gasteiger partial charge in [0.2, 0.25) is 11.8 Å². The van der Waals surface area contributed by atoms with Crippen molar-refractivity contribution in [3.63, 3.8) is 0 Å². The quantitative estimate of drug-likeness (QED) is 0.547. The van der Waals surface area contributed by atoms with Crippen LogP contribution in [0, 0.1) is 6.92 Å². The van der Waals surface area contributed by atoms with Crippen molar-refractivity contribution in [2.24, 2.45) is 0 Å². The fourth-order valence-electron chi connectivity index (χ4n) is 4.06. The van der Waals surface area contributed by atoms with Crippen molar-refractivity contribution < 1.29 is 27.8 Å². The third kappa shape index (κ3) is 4.33. The number of nitrogens with one attached hydrogen (secondary N) is 1. The summed E-state index contributed by atoms with van der Waals surface area (Å²) < 4.78 is 35.6. The zero-order chi connectivity index (χ0) is 23.8. The van der Waals surface area contributed by atoms with Crippen LogP contribution in [0.5, 0.6) is 11.8 Å². The van der Waals surface area contributed by atoms with Crippen molar-refractivity contribution >= 4 is 17.6 Å². The first-order valence-electron chi connectivity index (χ1n) is 10.4. The predicted octanol–water partition coefficient (Wildman–Crippen LogP) is 4.21. The lowest BCUT2D eigenvalue weighted by Crippen LogP contribution is -2.65. The number of carbonyl (C=O) groups is 1. The molecule has 1 aliphatic rings. The topological polar surface area (TPSA) is 101 Å². The first kappa shape index (κ1) is 22.5. The van der Waals surface area contributed by atoms with E-state index >= 15 is 0 Å². The second-order valence-electron chi connectivity index (χ2n) is 8.31. The number of nitrogens with zero attached hydrogens (tertiary/aromatic N) is 3. The third-order valence-corrected chi connectivity index (χ3v) is 5.65. The number of oxazole rings is 1. The molecule has 1 fully saturated rings. The van der Waals surface area contributed by atoms with E-state index in [1.165, 1.54) is 6.07 Å². The van der Waals surface area contributed by atoms with Gasteiger partial charge in [-0.05, 0) is 36.1 Å². The molecule has 0 bridgehead atoms. The van der Waals surface area contributed by atoms with Crippen molar-refractivity contribution in [3.05, 3.63) is 59.5 Å². The monoisotopic (exact) mass is 458 g/mol. The first-order chi connectivity index (χ1) is 15.7. The van der Waals surface area contributed by atoms with E-state index in [1.54, 1.807) is 17.9 Å². The Balaban J connectivity index is 1.70. The van der Waals surface area contributed by atoms with Crippen molar-refractivity contribution in [3.8, 4) is 11.8 Å². The molecule has 33 heavy (non-hydrogen) atoms. The number of benzene rings is 1. The van der Waals surface area contributed by atoms with Gasteiger partial charge in [-0.1, -0.05) is 38.1 Å². The molecule has 8 nitrogen and oxygen atoms in total. The molecule has 1 saturated heterocycles. The zero-order valence-electron chi connectivity index (χ0n) is 18.4. The minimum absolute atomic E-state index is 0.0551. The molecule has 4 rings (SSSR count). The van der Waals surface area contributed by atoms with Gasteiger partial charge in [0, 0.05) is 18.8 Å². The number of anilines is 2. The molecule has 10 heteroatoms. The Morgan fingerprint density at radius 1 is 1.21 bits per heavy atom. The average Bonchev–Trinajstić information content (AvgIpc) is 3.15. The van der Waals surface area contributed by atoms with Crippen molar-refractivity contribution in [2.45, 2.75) is 38.7 Å². The molecule has 0 atom stereocenters. The second-order valence-corrected chi connectivity index (χ2v) is 8.31. The minimum atomic E-state index is -3.08.